The number of hydrogen-bond donors (Lipinski definition) is 0. The van der Waals surface area contributed by atoms with Crippen LogP contribution in [0.15, 0.2) is 42.6 Å². The average molecular weight is 343 g/mol. The molecule has 3 aromatic rings. The van der Waals surface area contributed by atoms with Gasteiger partial charge in [0, 0.05) is 37.9 Å². The van der Waals surface area contributed by atoms with E-state index in [9.17, 15) is 13.6 Å². The molecule has 1 fully saturated rings. The van der Waals surface area contributed by atoms with Crippen LogP contribution >= 0.6 is 0 Å². The molecule has 0 unspecified atom stereocenters. The molecule has 8 heteroatoms. The van der Waals surface area contributed by atoms with E-state index in [4.69, 9.17) is 0 Å². The number of anilines is 1. The summed E-state index contributed by atoms with van der Waals surface area (Å²) in [5, 5.41) is 8.34. The van der Waals surface area contributed by atoms with Crippen molar-refractivity contribution in [3.63, 3.8) is 0 Å². The van der Waals surface area contributed by atoms with Crippen molar-refractivity contribution in [2.75, 3.05) is 31.1 Å². The van der Waals surface area contributed by atoms with Crippen LogP contribution in [-0.4, -0.2) is 51.6 Å². The largest absolute Gasteiger partial charge is 0.337 e. The van der Waals surface area contributed by atoms with Crippen LogP contribution in [0.5, 0.6) is 0 Å². The molecule has 0 aliphatic carbocycles. The highest BCUT2D eigenvalue weighted by molar-refractivity contribution is 5.94. The number of rotatable bonds is 2. The first kappa shape index (κ1) is 15.5. The minimum absolute atomic E-state index is 0.153. The molecule has 0 spiro atoms. The maximum Gasteiger partial charge on any atom is 0.254 e. The predicted molar refractivity (Wildman–Crippen MR) is 87.5 cm³/mol. The number of piperazine rings is 1. The third kappa shape index (κ3) is 2.79. The zero-order valence-corrected chi connectivity index (χ0v) is 13.3. The van der Waals surface area contributed by atoms with Crippen LogP contribution in [0.4, 0.5) is 14.7 Å². The maximum atomic E-state index is 13.3. The van der Waals surface area contributed by atoms with Gasteiger partial charge < -0.3 is 9.80 Å². The van der Waals surface area contributed by atoms with E-state index in [1.807, 2.05) is 28.8 Å². The molecule has 0 atom stereocenters. The Morgan fingerprint density at radius 1 is 0.960 bits per heavy atom. The Morgan fingerprint density at radius 2 is 1.76 bits per heavy atom. The van der Waals surface area contributed by atoms with Gasteiger partial charge in [-0.3, -0.25) is 9.20 Å². The summed E-state index contributed by atoms with van der Waals surface area (Å²) in [5.74, 6) is -1.54. The second kappa shape index (κ2) is 6.12. The summed E-state index contributed by atoms with van der Waals surface area (Å²) in [6.07, 6.45) is 1.89. The minimum atomic E-state index is -1.01. The first-order chi connectivity index (χ1) is 12.1. The van der Waals surface area contributed by atoms with Gasteiger partial charge in [0.05, 0.1) is 0 Å². The van der Waals surface area contributed by atoms with Crippen LogP contribution in [0.2, 0.25) is 0 Å². The van der Waals surface area contributed by atoms with Crippen LogP contribution < -0.4 is 4.90 Å². The number of pyridine rings is 1. The second-order valence-corrected chi connectivity index (χ2v) is 5.84. The summed E-state index contributed by atoms with van der Waals surface area (Å²) in [6, 6.07) is 8.89. The zero-order valence-electron chi connectivity index (χ0n) is 13.3. The van der Waals surface area contributed by atoms with Gasteiger partial charge in [0.25, 0.3) is 5.91 Å². The van der Waals surface area contributed by atoms with Crippen LogP contribution in [-0.2, 0) is 0 Å². The number of halogens is 2. The van der Waals surface area contributed by atoms with Gasteiger partial charge in [0.15, 0.2) is 17.3 Å². The molecule has 1 amide bonds. The van der Waals surface area contributed by atoms with Gasteiger partial charge in [-0.05, 0) is 30.3 Å². The molecule has 25 heavy (non-hydrogen) atoms. The number of amides is 1. The van der Waals surface area contributed by atoms with Gasteiger partial charge in [-0.15, -0.1) is 10.2 Å². The van der Waals surface area contributed by atoms with E-state index < -0.39 is 11.6 Å². The molecule has 1 aliphatic rings. The van der Waals surface area contributed by atoms with Crippen molar-refractivity contribution in [3.05, 3.63) is 59.8 Å². The molecule has 4 rings (SSSR count). The summed E-state index contributed by atoms with van der Waals surface area (Å²) >= 11 is 0. The third-order valence-corrected chi connectivity index (χ3v) is 4.31. The summed E-state index contributed by atoms with van der Waals surface area (Å²) in [4.78, 5) is 16.1. The van der Waals surface area contributed by atoms with Gasteiger partial charge in [-0.1, -0.05) is 6.07 Å². The number of carbonyl (C=O) groups excluding carboxylic acids is 1. The van der Waals surface area contributed by atoms with Gasteiger partial charge in [0.2, 0.25) is 5.95 Å². The SMILES string of the molecule is O=C(c1ccc(F)c(F)c1)N1CCN(c2nnc3ccccn23)CC1. The topological polar surface area (TPSA) is 53.7 Å². The van der Waals surface area contributed by atoms with Crippen molar-refractivity contribution in [2.45, 2.75) is 0 Å². The number of nitrogens with zero attached hydrogens (tertiary/aromatic N) is 5. The molecule has 0 bridgehead atoms. The molecular weight excluding hydrogens is 328 g/mol. The van der Waals surface area contributed by atoms with E-state index in [-0.39, 0.29) is 11.5 Å². The van der Waals surface area contributed by atoms with Gasteiger partial charge in [-0.2, -0.15) is 0 Å². The molecular formula is C17H15F2N5O. The summed E-state index contributed by atoms with van der Waals surface area (Å²) in [5.41, 5.74) is 0.915. The average Bonchev–Trinajstić information content (AvgIpc) is 3.08. The summed E-state index contributed by atoms with van der Waals surface area (Å²) < 4.78 is 28.2. The Balaban J connectivity index is 1.47. The highest BCUT2D eigenvalue weighted by Crippen LogP contribution is 2.17. The van der Waals surface area contributed by atoms with Crippen molar-refractivity contribution in [2.24, 2.45) is 0 Å². The predicted octanol–water partition coefficient (Wildman–Crippen LogP) is 1.97. The molecule has 3 heterocycles. The van der Waals surface area contributed by atoms with Crippen LogP contribution in [0.1, 0.15) is 10.4 Å². The molecule has 128 valence electrons. The number of hydrogen-bond acceptors (Lipinski definition) is 4. The molecule has 1 aliphatic heterocycles. The fourth-order valence-electron chi connectivity index (χ4n) is 2.97. The molecule has 1 aromatic carbocycles. The standard InChI is InChI=1S/C17H15F2N5O/c18-13-5-4-12(11-14(13)19)16(25)22-7-9-23(10-8-22)17-21-20-15-3-1-2-6-24(15)17/h1-6,11H,7-10H2. The quantitative estimate of drug-likeness (QED) is 0.714. The number of fused-ring (bicyclic) bond motifs is 1. The van der Waals surface area contributed by atoms with Crippen molar-refractivity contribution in [1.29, 1.82) is 0 Å². The Morgan fingerprint density at radius 3 is 2.52 bits per heavy atom. The third-order valence-electron chi connectivity index (χ3n) is 4.31. The van der Waals surface area contributed by atoms with Gasteiger partial charge >= 0.3 is 0 Å². The van der Waals surface area contributed by atoms with E-state index in [0.717, 1.165) is 23.7 Å². The minimum Gasteiger partial charge on any atom is -0.337 e. The van der Waals surface area contributed by atoms with E-state index >= 15 is 0 Å². The smallest absolute Gasteiger partial charge is 0.254 e. The van der Waals surface area contributed by atoms with Gasteiger partial charge in [0.1, 0.15) is 0 Å². The fraction of sp³-hybridized carbons (Fsp3) is 0.235. The zero-order chi connectivity index (χ0) is 17.4. The highest BCUT2D eigenvalue weighted by Gasteiger charge is 2.25. The number of carbonyl (C=O) groups is 1. The summed E-state index contributed by atoms with van der Waals surface area (Å²) in [6.45, 7) is 2.12. The van der Waals surface area contributed by atoms with Crippen molar-refractivity contribution in [1.82, 2.24) is 19.5 Å². The van der Waals surface area contributed by atoms with Crippen LogP contribution in [0.25, 0.3) is 5.65 Å². The van der Waals surface area contributed by atoms with Crippen LogP contribution in [0.3, 0.4) is 0 Å². The first-order valence-electron chi connectivity index (χ1n) is 7.92. The van der Waals surface area contributed by atoms with E-state index in [2.05, 4.69) is 15.1 Å². The lowest BCUT2D eigenvalue weighted by Gasteiger charge is -2.34. The Kier molecular flexibility index (Phi) is 3.79. The van der Waals surface area contributed by atoms with Gasteiger partial charge in [-0.25, -0.2) is 8.78 Å². The summed E-state index contributed by atoms with van der Waals surface area (Å²) in [7, 11) is 0. The molecule has 1 saturated heterocycles. The number of aromatic nitrogens is 3. The van der Waals surface area contributed by atoms with E-state index in [1.54, 1.807) is 4.90 Å². The van der Waals surface area contributed by atoms with Crippen molar-refractivity contribution >= 4 is 17.5 Å². The molecule has 0 radical (unpaired) electrons. The van der Waals surface area contributed by atoms with Crippen LogP contribution in [0, 0.1) is 11.6 Å². The van der Waals surface area contributed by atoms with E-state index in [1.165, 1.54) is 6.07 Å². The maximum absolute atomic E-state index is 13.3. The second-order valence-electron chi connectivity index (χ2n) is 5.84. The van der Waals surface area contributed by atoms with E-state index in [0.29, 0.717) is 26.2 Å². The first-order valence-corrected chi connectivity index (χ1v) is 7.92. The normalized spacial score (nSPS) is 15.0. The van der Waals surface area contributed by atoms with Crippen molar-refractivity contribution in [3.8, 4) is 0 Å². The Hall–Kier alpha value is -3.03. The molecule has 2 aromatic heterocycles. The Bertz CT molecular complexity index is 934. The molecule has 0 saturated carbocycles. The fourth-order valence-corrected chi connectivity index (χ4v) is 2.97. The lowest BCUT2D eigenvalue weighted by molar-refractivity contribution is 0.0745. The Labute approximate surface area is 142 Å². The lowest BCUT2D eigenvalue weighted by atomic mass is 10.1. The van der Waals surface area contributed by atoms with Crippen molar-refractivity contribution < 1.29 is 13.6 Å². The molecule has 6 nitrogen and oxygen atoms in total. The number of benzene rings is 1. The molecule has 0 N–H and O–H groups in total. The lowest BCUT2D eigenvalue weighted by Crippen LogP contribution is -2.49. The highest BCUT2D eigenvalue weighted by atomic mass is 19.2. The monoisotopic (exact) mass is 343 g/mol.